The van der Waals surface area contributed by atoms with Crippen LogP contribution in [0.3, 0.4) is 0 Å². The highest BCUT2D eigenvalue weighted by molar-refractivity contribution is 7.12. The van der Waals surface area contributed by atoms with E-state index in [1.165, 1.54) is 34.8 Å². The molecule has 0 bridgehead atoms. The second kappa shape index (κ2) is 17.5. The summed E-state index contributed by atoms with van der Waals surface area (Å²) in [6.07, 6.45) is 6.61. The predicted octanol–water partition coefficient (Wildman–Crippen LogP) is 5.28. The number of aliphatic hydroxyl groups excluding tert-OH is 1. The molecule has 260 valence electrons. The molecule has 5 N–H and O–H groups in total. The number of aromatic nitrogens is 1. The Labute approximate surface area is 289 Å². The average molecular weight is 698 g/mol. The molecule has 0 aliphatic heterocycles. The number of unbranched alkanes of at least 4 members (excludes halogenated alkanes) is 3. The van der Waals surface area contributed by atoms with Crippen LogP contribution < -0.4 is 10.9 Å². The van der Waals surface area contributed by atoms with Crippen LogP contribution >= 0.6 is 22.7 Å². The van der Waals surface area contributed by atoms with Crippen LogP contribution in [0.1, 0.15) is 72.8 Å². The van der Waals surface area contributed by atoms with Crippen molar-refractivity contribution in [2.24, 2.45) is 0 Å². The van der Waals surface area contributed by atoms with Crippen LogP contribution in [0.5, 0.6) is 5.75 Å². The van der Waals surface area contributed by atoms with Crippen molar-refractivity contribution >= 4 is 39.5 Å². The summed E-state index contributed by atoms with van der Waals surface area (Å²) >= 11 is 2.71. The molecule has 1 aliphatic rings. The van der Waals surface area contributed by atoms with E-state index >= 15 is 0 Å². The number of carbonyl (C=O) groups is 1. The fraction of sp³-hybridized carbons (Fsp3) is 0.500. The van der Waals surface area contributed by atoms with Gasteiger partial charge in [0.1, 0.15) is 11.9 Å². The van der Waals surface area contributed by atoms with E-state index in [4.69, 9.17) is 9.47 Å². The van der Waals surface area contributed by atoms with Gasteiger partial charge in [-0.3, -0.25) is 4.79 Å². The number of carbonyl (C=O) groups excluding carboxylic acids is 1. The Morgan fingerprint density at radius 3 is 2.40 bits per heavy atom. The number of aliphatic hydroxyl groups is 2. The number of esters is 1. The van der Waals surface area contributed by atoms with Gasteiger partial charge in [0.25, 0.3) is 0 Å². The summed E-state index contributed by atoms with van der Waals surface area (Å²) in [4.78, 5) is 31.0. The number of fused-ring (bicyclic) bond motifs is 1. The minimum atomic E-state index is -1.76. The number of thiophene rings is 2. The summed E-state index contributed by atoms with van der Waals surface area (Å²) in [5.41, 5.74) is -1.06. The molecular formula is C36H47N3O7S2. The summed E-state index contributed by atoms with van der Waals surface area (Å²) in [5, 5.41) is 39.9. The average Bonchev–Trinajstić information content (AvgIpc) is 3.84. The third-order valence-corrected chi connectivity index (χ3v) is 11.1. The second-order valence-electron chi connectivity index (χ2n) is 12.5. The number of phenols is 1. The van der Waals surface area contributed by atoms with Crippen LogP contribution in [0.15, 0.2) is 64.1 Å². The number of benzene rings is 1. The van der Waals surface area contributed by atoms with Crippen LogP contribution in [0, 0.1) is 0 Å². The van der Waals surface area contributed by atoms with Crippen molar-refractivity contribution < 1.29 is 29.6 Å². The summed E-state index contributed by atoms with van der Waals surface area (Å²) in [6.45, 7) is 3.44. The van der Waals surface area contributed by atoms with E-state index in [1.54, 1.807) is 24.3 Å². The Morgan fingerprint density at radius 1 is 1.00 bits per heavy atom. The smallest absolute Gasteiger partial charge is 0.349 e. The molecule has 3 heterocycles. The number of H-pyrrole nitrogens is 1. The quantitative estimate of drug-likeness (QED) is 0.0693. The third kappa shape index (κ3) is 9.12. The highest BCUT2D eigenvalue weighted by atomic mass is 32.1. The van der Waals surface area contributed by atoms with Crippen LogP contribution in [-0.4, -0.2) is 83.2 Å². The van der Waals surface area contributed by atoms with Gasteiger partial charge in [0, 0.05) is 37.2 Å². The normalized spacial score (nSPS) is 17.6. The number of hydrogen-bond acceptors (Lipinski definition) is 11. The SMILES string of the molecule is CN(CCOCCCCCCNC[C@@H](O)c1ccc(O)c2[nH]c(=O)ccc12)C1CCC(OC(=O)C(O)(c2cccs2)c2cccs2)CC1. The first-order valence-corrected chi connectivity index (χ1v) is 18.6. The zero-order chi connectivity index (χ0) is 33.9. The van der Waals surface area contributed by atoms with Gasteiger partial charge in [-0.2, -0.15) is 0 Å². The Kier molecular flexibility index (Phi) is 13.2. The lowest BCUT2D eigenvalue weighted by Crippen LogP contribution is -2.42. The van der Waals surface area contributed by atoms with Crippen molar-refractivity contribution in [3.63, 3.8) is 0 Å². The number of aromatic amines is 1. The number of hydrogen-bond donors (Lipinski definition) is 5. The molecular weight excluding hydrogens is 651 g/mol. The fourth-order valence-corrected chi connectivity index (χ4v) is 8.05. The predicted molar refractivity (Wildman–Crippen MR) is 190 cm³/mol. The molecule has 1 aliphatic carbocycles. The number of ether oxygens (including phenoxy) is 2. The van der Waals surface area contributed by atoms with Crippen molar-refractivity contribution in [2.75, 3.05) is 39.9 Å². The van der Waals surface area contributed by atoms with E-state index in [0.29, 0.717) is 45.4 Å². The number of rotatable bonds is 18. The van der Waals surface area contributed by atoms with Gasteiger partial charge in [0.15, 0.2) is 0 Å². The topological polar surface area (TPSA) is 144 Å². The first kappa shape index (κ1) is 36.2. The summed E-state index contributed by atoms with van der Waals surface area (Å²) in [7, 11) is 2.13. The monoisotopic (exact) mass is 697 g/mol. The Hall–Kier alpha value is -3.10. The Morgan fingerprint density at radius 2 is 1.71 bits per heavy atom. The molecule has 3 aromatic heterocycles. The second-order valence-corrected chi connectivity index (χ2v) is 14.4. The lowest BCUT2D eigenvalue weighted by molar-refractivity contribution is -0.169. The van der Waals surface area contributed by atoms with Crippen LogP contribution in [-0.2, 0) is 19.9 Å². The summed E-state index contributed by atoms with van der Waals surface area (Å²) < 4.78 is 11.8. The molecule has 5 rings (SSSR count). The number of likely N-dealkylation sites (N-methyl/N-ethyl adjacent to an activating group) is 1. The molecule has 12 heteroatoms. The zero-order valence-corrected chi connectivity index (χ0v) is 29.1. The minimum absolute atomic E-state index is 0.0159. The maximum Gasteiger partial charge on any atom is 0.349 e. The number of aromatic hydroxyl groups is 1. The van der Waals surface area contributed by atoms with Gasteiger partial charge in [-0.25, -0.2) is 4.79 Å². The molecule has 0 spiro atoms. The summed E-state index contributed by atoms with van der Waals surface area (Å²) in [6, 6.07) is 13.8. The number of nitrogens with zero attached hydrogens (tertiary/aromatic N) is 1. The van der Waals surface area contributed by atoms with Crippen molar-refractivity contribution in [3.05, 3.63) is 85.0 Å². The van der Waals surface area contributed by atoms with E-state index in [1.807, 2.05) is 22.9 Å². The van der Waals surface area contributed by atoms with Gasteiger partial charge >= 0.3 is 5.97 Å². The van der Waals surface area contributed by atoms with Crippen molar-refractivity contribution in [1.82, 2.24) is 15.2 Å². The Balaban J connectivity index is 0.899. The van der Waals surface area contributed by atoms with E-state index in [-0.39, 0.29) is 17.4 Å². The molecule has 0 saturated heterocycles. The molecule has 10 nitrogen and oxygen atoms in total. The molecule has 0 unspecified atom stereocenters. The largest absolute Gasteiger partial charge is 0.506 e. The van der Waals surface area contributed by atoms with Crippen LogP contribution in [0.25, 0.3) is 10.9 Å². The van der Waals surface area contributed by atoms with Gasteiger partial charge in [0.05, 0.1) is 28.0 Å². The van der Waals surface area contributed by atoms with Gasteiger partial charge < -0.3 is 40.0 Å². The van der Waals surface area contributed by atoms with E-state index in [0.717, 1.165) is 71.1 Å². The Bertz CT molecular complexity index is 1580. The van der Waals surface area contributed by atoms with Crippen LogP contribution in [0.4, 0.5) is 0 Å². The van der Waals surface area contributed by atoms with Crippen molar-refractivity contribution in [2.45, 2.75) is 75.2 Å². The molecule has 1 fully saturated rings. The lowest BCUT2D eigenvalue weighted by Gasteiger charge is -2.35. The molecule has 0 amide bonds. The summed E-state index contributed by atoms with van der Waals surface area (Å²) in [5.74, 6) is -0.606. The third-order valence-electron chi connectivity index (χ3n) is 9.18. The van der Waals surface area contributed by atoms with Crippen LogP contribution in [0.2, 0.25) is 0 Å². The van der Waals surface area contributed by atoms with Gasteiger partial charge in [-0.05, 0) is 92.7 Å². The van der Waals surface area contributed by atoms with E-state index in [9.17, 15) is 24.9 Å². The highest BCUT2D eigenvalue weighted by Crippen LogP contribution is 2.38. The zero-order valence-electron chi connectivity index (χ0n) is 27.4. The van der Waals surface area contributed by atoms with E-state index < -0.39 is 17.7 Å². The highest BCUT2D eigenvalue weighted by Gasteiger charge is 2.45. The molecule has 4 aromatic rings. The minimum Gasteiger partial charge on any atom is -0.506 e. The number of pyridine rings is 1. The standard InChI is InChI=1S/C36H47N3O7S2/c1-39(25-10-12-26(13-11-25)46-35(43)36(44,31-8-6-22-47-31)32-9-7-23-48-32)19-21-45-20-5-3-2-4-18-37-24-30(41)27-14-16-29(40)34-28(27)15-17-33(42)38-34/h6-9,14-17,22-23,25-26,30,37,40-41,44H,2-5,10-13,18-21,24H2,1H3,(H,38,42)/t25?,26?,30-/m1/s1. The van der Waals surface area contributed by atoms with Gasteiger partial charge in [-0.15, -0.1) is 22.7 Å². The molecule has 1 atom stereocenters. The number of phenolic OH excluding ortho intramolecular Hbond substituents is 1. The molecule has 1 saturated carbocycles. The first-order chi connectivity index (χ1) is 23.3. The maximum absolute atomic E-state index is 13.3. The maximum atomic E-state index is 13.3. The molecule has 1 aromatic carbocycles. The van der Waals surface area contributed by atoms with Crippen molar-refractivity contribution in [1.29, 1.82) is 0 Å². The first-order valence-electron chi connectivity index (χ1n) is 16.8. The van der Waals surface area contributed by atoms with Gasteiger partial charge in [0.2, 0.25) is 11.2 Å². The molecule has 48 heavy (non-hydrogen) atoms. The van der Waals surface area contributed by atoms with E-state index in [2.05, 4.69) is 22.2 Å². The fourth-order valence-electron chi connectivity index (χ4n) is 6.33. The number of nitrogens with one attached hydrogen (secondary N) is 2. The molecule has 0 radical (unpaired) electrons. The van der Waals surface area contributed by atoms with Crippen molar-refractivity contribution in [3.8, 4) is 5.75 Å². The van der Waals surface area contributed by atoms with Gasteiger partial charge in [-0.1, -0.05) is 31.0 Å². The lowest BCUT2D eigenvalue weighted by atomic mass is 9.91.